The summed E-state index contributed by atoms with van der Waals surface area (Å²) in [5, 5.41) is 4.21. The second-order valence-corrected chi connectivity index (χ2v) is 8.36. The van der Waals surface area contributed by atoms with E-state index in [4.69, 9.17) is 9.26 Å². The van der Waals surface area contributed by atoms with Gasteiger partial charge < -0.3 is 19.1 Å². The molecular formula is C25H26N4O4. The van der Waals surface area contributed by atoms with Crippen LogP contribution in [0.5, 0.6) is 5.75 Å². The first-order chi connectivity index (χ1) is 16.2. The van der Waals surface area contributed by atoms with Crippen molar-refractivity contribution in [2.45, 2.75) is 38.1 Å². The number of hydrogen-bond acceptors (Lipinski definition) is 6. The van der Waals surface area contributed by atoms with Gasteiger partial charge in [0.05, 0.1) is 6.04 Å². The Bertz CT molecular complexity index is 1130. The molecule has 0 aliphatic carbocycles. The minimum absolute atomic E-state index is 0.0306. The molecule has 1 aromatic heterocycles. The van der Waals surface area contributed by atoms with E-state index in [2.05, 4.69) is 10.1 Å². The fraction of sp³-hybridized carbons (Fsp3) is 0.360. The number of hydrogen-bond donors (Lipinski definition) is 0. The molecule has 0 bridgehead atoms. The van der Waals surface area contributed by atoms with Gasteiger partial charge in [0.25, 0.3) is 11.8 Å². The highest BCUT2D eigenvalue weighted by molar-refractivity contribution is 5.95. The normalized spacial score (nSPS) is 18.5. The molecule has 2 fully saturated rings. The lowest BCUT2D eigenvalue weighted by Gasteiger charge is -2.33. The number of carbonyl (C=O) groups is 2. The summed E-state index contributed by atoms with van der Waals surface area (Å²) >= 11 is 0. The molecule has 2 saturated heterocycles. The zero-order valence-electron chi connectivity index (χ0n) is 18.4. The number of piperidine rings is 1. The maximum Gasteiger partial charge on any atom is 0.261 e. The Hall–Kier alpha value is -3.68. The van der Waals surface area contributed by atoms with Crippen LogP contribution < -0.4 is 9.64 Å². The molecule has 8 nitrogen and oxygen atoms in total. The molecule has 0 N–H and O–H groups in total. The van der Waals surface area contributed by atoms with Crippen LogP contribution in [0.4, 0.5) is 5.69 Å². The van der Waals surface area contributed by atoms with Crippen molar-refractivity contribution in [2.75, 3.05) is 24.6 Å². The number of carbonyl (C=O) groups excluding carboxylic acids is 2. The molecule has 33 heavy (non-hydrogen) atoms. The van der Waals surface area contributed by atoms with Gasteiger partial charge in [0, 0.05) is 30.8 Å². The van der Waals surface area contributed by atoms with Gasteiger partial charge in [-0.05, 0) is 56.0 Å². The first-order valence-electron chi connectivity index (χ1n) is 11.4. The third-order valence-corrected chi connectivity index (χ3v) is 6.15. The first-order valence-corrected chi connectivity index (χ1v) is 11.4. The number of aromatic nitrogens is 2. The topological polar surface area (TPSA) is 88.8 Å². The Labute approximate surface area is 192 Å². The predicted molar refractivity (Wildman–Crippen MR) is 122 cm³/mol. The summed E-state index contributed by atoms with van der Waals surface area (Å²) in [4.78, 5) is 33.2. The van der Waals surface area contributed by atoms with Crippen LogP contribution in [0, 0.1) is 0 Å². The highest BCUT2D eigenvalue weighted by Gasteiger charge is 2.32. The van der Waals surface area contributed by atoms with Crippen LogP contribution in [-0.2, 0) is 9.59 Å². The molecule has 2 aliphatic heterocycles. The number of anilines is 1. The maximum atomic E-state index is 12.9. The van der Waals surface area contributed by atoms with Crippen molar-refractivity contribution in [3.05, 3.63) is 60.4 Å². The summed E-state index contributed by atoms with van der Waals surface area (Å²) in [5.74, 6) is 1.59. The van der Waals surface area contributed by atoms with Crippen molar-refractivity contribution in [3.63, 3.8) is 0 Å². The molecule has 2 aliphatic rings. The minimum atomic E-state index is -0.244. The van der Waals surface area contributed by atoms with Crippen molar-refractivity contribution in [2.24, 2.45) is 0 Å². The fourth-order valence-electron chi connectivity index (χ4n) is 4.46. The number of benzene rings is 2. The van der Waals surface area contributed by atoms with Crippen molar-refractivity contribution in [3.8, 4) is 17.2 Å². The largest absolute Gasteiger partial charge is 0.484 e. The third kappa shape index (κ3) is 4.60. The second-order valence-electron chi connectivity index (χ2n) is 8.36. The Morgan fingerprint density at radius 3 is 2.76 bits per heavy atom. The van der Waals surface area contributed by atoms with E-state index in [1.165, 1.54) is 0 Å². The van der Waals surface area contributed by atoms with Crippen LogP contribution in [0.15, 0.2) is 59.1 Å². The van der Waals surface area contributed by atoms with Gasteiger partial charge in [0.1, 0.15) is 5.75 Å². The number of rotatable bonds is 6. The third-order valence-electron chi connectivity index (χ3n) is 6.15. The average molecular weight is 447 g/mol. The van der Waals surface area contributed by atoms with Crippen molar-refractivity contribution < 1.29 is 18.8 Å². The Kier molecular flexibility index (Phi) is 6.06. The van der Waals surface area contributed by atoms with Gasteiger partial charge in [-0.1, -0.05) is 29.4 Å². The van der Waals surface area contributed by atoms with Crippen LogP contribution in [0.2, 0.25) is 0 Å². The lowest BCUT2D eigenvalue weighted by molar-refractivity contribution is -0.137. The molecule has 170 valence electrons. The predicted octanol–water partition coefficient (Wildman–Crippen LogP) is 4.00. The van der Waals surface area contributed by atoms with Gasteiger partial charge >= 0.3 is 0 Å². The average Bonchev–Trinajstić information content (AvgIpc) is 3.53. The minimum Gasteiger partial charge on any atom is -0.484 e. The Morgan fingerprint density at radius 1 is 1.06 bits per heavy atom. The van der Waals surface area contributed by atoms with Crippen LogP contribution >= 0.6 is 0 Å². The molecular weight excluding hydrogens is 420 g/mol. The fourth-order valence-corrected chi connectivity index (χ4v) is 4.46. The van der Waals surface area contributed by atoms with Crippen molar-refractivity contribution in [1.82, 2.24) is 15.0 Å². The lowest BCUT2D eigenvalue weighted by Crippen LogP contribution is -2.41. The summed E-state index contributed by atoms with van der Waals surface area (Å²) in [6.07, 6.45) is 4.15. The van der Waals surface area contributed by atoms with E-state index in [0.29, 0.717) is 30.4 Å². The van der Waals surface area contributed by atoms with Gasteiger partial charge in [-0.3, -0.25) is 9.59 Å². The monoisotopic (exact) mass is 446 g/mol. The van der Waals surface area contributed by atoms with E-state index in [1.807, 2.05) is 54.6 Å². The van der Waals surface area contributed by atoms with E-state index in [0.717, 1.165) is 43.5 Å². The smallest absolute Gasteiger partial charge is 0.261 e. The summed E-state index contributed by atoms with van der Waals surface area (Å²) in [6.45, 7) is 1.33. The van der Waals surface area contributed by atoms with Gasteiger partial charge in [0.15, 0.2) is 12.4 Å². The molecule has 3 heterocycles. The quantitative estimate of drug-likeness (QED) is 0.569. The van der Waals surface area contributed by atoms with Gasteiger partial charge in [0.2, 0.25) is 5.91 Å². The van der Waals surface area contributed by atoms with Gasteiger partial charge in [-0.2, -0.15) is 4.98 Å². The van der Waals surface area contributed by atoms with Crippen LogP contribution in [0.3, 0.4) is 0 Å². The number of para-hydroxylation sites is 1. The number of likely N-dealkylation sites (tertiary alicyclic amines) is 1. The summed E-state index contributed by atoms with van der Waals surface area (Å²) in [5.41, 5.74) is 1.59. The molecule has 0 radical (unpaired) electrons. The summed E-state index contributed by atoms with van der Waals surface area (Å²) in [7, 11) is 0. The zero-order chi connectivity index (χ0) is 22.6. The van der Waals surface area contributed by atoms with E-state index in [1.54, 1.807) is 9.80 Å². The van der Waals surface area contributed by atoms with Crippen LogP contribution in [-0.4, -0.2) is 46.6 Å². The highest BCUT2D eigenvalue weighted by atomic mass is 16.5. The van der Waals surface area contributed by atoms with Crippen molar-refractivity contribution in [1.29, 1.82) is 0 Å². The van der Waals surface area contributed by atoms with E-state index < -0.39 is 0 Å². The van der Waals surface area contributed by atoms with Crippen molar-refractivity contribution >= 4 is 17.5 Å². The molecule has 1 atom stereocenters. The summed E-state index contributed by atoms with van der Waals surface area (Å²) in [6, 6.07) is 16.7. The molecule has 3 aromatic rings. The first kappa shape index (κ1) is 21.2. The number of nitrogens with zero attached hydrogens (tertiary/aromatic N) is 4. The van der Waals surface area contributed by atoms with Crippen LogP contribution in [0.25, 0.3) is 11.5 Å². The van der Waals surface area contributed by atoms with Gasteiger partial charge in [-0.25, -0.2) is 0 Å². The van der Waals surface area contributed by atoms with Crippen LogP contribution in [0.1, 0.15) is 44.0 Å². The Morgan fingerprint density at radius 2 is 1.94 bits per heavy atom. The molecule has 2 amide bonds. The van der Waals surface area contributed by atoms with E-state index in [9.17, 15) is 9.59 Å². The highest BCUT2D eigenvalue weighted by Crippen LogP contribution is 2.32. The SMILES string of the molecule is O=C1CCCN1c1cccc(-c2nc(C3CCCCN3C(=O)COc3ccccc3)no2)c1. The van der Waals surface area contributed by atoms with Gasteiger partial charge in [-0.15, -0.1) is 0 Å². The Balaban J connectivity index is 1.31. The molecule has 8 heteroatoms. The molecule has 0 saturated carbocycles. The maximum absolute atomic E-state index is 12.9. The molecule has 1 unspecified atom stereocenters. The molecule has 0 spiro atoms. The van der Waals surface area contributed by atoms with E-state index >= 15 is 0 Å². The standard InChI is InChI=1S/C25H26N4O4/c30-22-13-7-15-28(22)19-9-6-8-18(16-19)25-26-24(27-33-25)21-12-4-5-14-29(21)23(31)17-32-20-10-2-1-3-11-20/h1-3,6,8-11,16,21H,4-5,7,12-15,17H2. The zero-order valence-corrected chi connectivity index (χ0v) is 18.4. The molecule has 2 aromatic carbocycles. The van der Waals surface area contributed by atoms with E-state index in [-0.39, 0.29) is 24.5 Å². The summed E-state index contributed by atoms with van der Waals surface area (Å²) < 4.78 is 11.2. The number of ether oxygens (including phenoxy) is 1. The second kappa shape index (κ2) is 9.44. The lowest BCUT2D eigenvalue weighted by atomic mass is 10.0. The molecule has 5 rings (SSSR count). The number of amides is 2.